The number of carbonyl (C=O) groups excluding carboxylic acids is 1. The van der Waals surface area contributed by atoms with Crippen molar-refractivity contribution in [3.05, 3.63) is 57.5 Å². The highest BCUT2D eigenvalue weighted by molar-refractivity contribution is 9.10. The van der Waals surface area contributed by atoms with Crippen molar-refractivity contribution in [2.75, 3.05) is 12.4 Å². The third-order valence-corrected chi connectivity index (χ3v) is 6.58. The van der Waals surface area contributed by atoms with Crippen molar-refractivity contribution in [3.8, 4) is 0 Å². The second-order valence-electron chi connectivity index (χ2n) is 5.72. The first kappa shape index (κ1) is 19.9. The predicted octanol–water partition coefficient (Wildman–Crippen LogP) is 4.38. The second-order valence-corrected chi connectivity index (χ2v) is 9.04. The summed E-state index contributed by atoms with van der Waals surface area (Å²) in [6, 6.07) is 10.9. The van der Waals surface area contributed by atoms with Gasteiger partial charge < -0.3 is 5.32 Å². The van der Waals surface area contributed by atoms with Gasteiger partial charge in [-0.1, -0.05) is 27.5 Å². The molecule has 0 saturated heterocycles. The Balaban J connectivity index is 2.35. The molecule has 0 aromatic heterocycles. The van der Waals surface area contributed by atoms with Crippen molar-refractivity contribution in [2.45, 2.75) is 24.8 Å². The fraction of sp³-hybridized carbons (Fsp3) is 0.235. The molecule has 0 unspecified atom stereocenters. The molecule has 134 valence electrons. The molecule has 0 aliphatic heterocycles. The predicted molar refractivity (Wildman–Crippen MR) is 104 cm³/mol. The molecule has 25 heavy (non-hydrogen) atoms. The number of anilines is 1. The van der Waals surface area contributed by atoms with Crippen molar-refractivity contribution in [2.24, 2.45) is 0 Å². The monoisotopic (exact) mass is 444 g/mol. The fourth-order valence-electron chi connectivity index (χ4n) is 2.01. The number of hydrogen-bond acceptors (Lipinski definition) is 3. The number of halogens is 2. The average Bonchev–Trinajstić information content (AvgIpc) is 2.56. The minimum atomic E-state index is -3.70. The number of hydrogen-bond donors (Lipinski definition) is 1. The Hall–Kier alpha value is -1.41. The van der Waals surface area contributed by atoms with Crippen LogP contribution in [0.5, 0.6) is 0 Å². The number of amides is 1. The number of nitrogens with one attached hydrogen (secondary N) is 1. The SMILES string of the molecule is CC(C)N(C)S(=O)(=O)c1ccc(Cl)c(C(=O)Nc2ccc(Br)cc2)c1. The van der Waals surface area contributed by atoms with E-state index in [1.807, 2.05) is 0 Å². The van der Waals surface area contributed by atoms with Gasteiger partial charge >= 0.3 is 0 Å². The largest absolute Gasteiger partial charge is 0.322 e. The summed E-state index contributed by atoms with van der Waals surface area (Å²) in [6.45, 7) is 3.54. The molecular weight excluding hydrogens is 428 g/mol. The van der Waals surface area contributed by atoms with Gasteiger partial charge in [0.15, 0.2) is 0 Å². The van der Waals surface area contributed by atoms with Crippen LogP contribution in [0.3, 0.4) is 0 Å². The van der Waals surface area contributed by atoms with Gasteiger partial charge in [0.05, 0.1) is 15.5 Å². The van der Waals surface area contributed by atoms with Gasteiger partial charge in [0.25, 0.3) is 5.91 Å². The molecule has 2 aromatic rings. The molecule has 5 nitrogen and oxygen atoms in total. The van der Waals surface area contributed by atoms with Gasteiger partial charge in [-0.3, -0.25) is 4.79 Å². The molecule has 0 atom stereocenters. The normalized spacial score (nSPS) is 11.8. The van der Waals surface area contributed by atoms with E-state index in [-0.39, 0.29) is 21.5 Å². The first-order valence-electron chi connectivity index (χ1n) is 7.47. The lowest BCUT2D eigenvalue weighted by molar-refractivity contribution is 0.102. The standard InChI is InChI=1S/C17H18BrClN2O3S/c1-11(2)21(3)25(23,24)14-8-9-16(19)15(10-14)17(22)20-13-6-4-12(18)5-7-13/h4-11H,1-3H3,(H,20,22). The maximum atomic E-state index is 12.6. The fourth-order valence-corrected chi connectivity index (χ4v) is 3.88. The van der Waals surface area contributed by atoms with Crippen LogP contribution in [0.15, 0.2) is 51.8 Å². The molecule has 1 N–H and O–H groups in total. The van der Waals surface area contributed by atoms with E-state index in [2.05, 4.69) is 21.2 Å². The average molecular weight is 446 g/mol. The van der Waals surface area contributed by atoms with Crippen molar-refractivity contribution in [3.63, 3.8) is 0 Å². The summed E-state index contributed by atoms with van der Waals surface area (Å²) in [5.41, 5.74) is 0.680. The number of rotatable bonds is 5. The smallest absolute Gasteiger partial charge is 0.257 e. The summed E-state index contributed by atoms with van der Waals surface area (Å²) >= 11 is 9.42. The summed E-state index contributed by atoms with van der Waals surface area (Å²) in [5.74, 6) is -0.475. The highest BCUT2D eigenvalue weighted by atomic mass is 79.9. The van der Waals surface area contributed by atoms with Crippen LogP contribution in [0, 0.1) is 0 Å². The molecule has 0 spiro atoms. The first-order chi connectivity index (χ1) is 11.6. The van der Waals surface area contributed by atoms with Gasteiger partial charge in [0, 0.05) is 23.2 Å². The van der Waals surface area contributed by atoms with Gasteiger partial charge in [-0.2, -0.15) is 4.31 Å². The second kappa shape index (κ2) is 7.86. The van der Waals surface area contributed by atoms with E-state index in [1.54, 1.807) is 38.1 Å². The number of benzene rings is 2. The van der Waals surface area contributed by atoms with E-state index < -0.39 is 15.9 Å². The quantitative estimate of drug-likeness (QED) is 0.742. The number of nitrogens with zero attached hydrogens (tertiary/aromatic N) is 1. The molecule has 8 heteroatoms. The van der Waals surface area contributed by atoms with Crippen LogP contribution < -0.4 is 5.32 Å². The molecule has 2 rings (SSSR count). The summed E-state index contributed by atoms with van der Waals surface area (Å²) in [7, 11) is -2.20. The maximum Gasteiger partial charge on any atom is 0.257 e. The summed E-state index contributed by atoms with van der Waals surface area (Å²) in [4.78, 5) is 12.5. The van der Waals surface area contributed by atoms with Crippen LogP contribution in [-0.4, -0.2) is 31.7 Å². The van der Waals surface area contributed by atoms with Crippen LogP contribution in [0.4, 0.5) is 5.69 Å². The summed E-state index contributed by atoms with van der Waals surface area (Å²) in [5, 5.41) is 2.89. The summed E-state index contributed by atoms with van der Waals surface area (Å²) in [6.07, 6.45) is 0. The molecule has 0 bridgehead atoms. The Morgan fingerprint density at radius 3 is 2.32 bits per heavy atom. The number of sulfonamides is 1. The Morgan fingerprint density at radius 2 is 1.76 bits per heavy atom. The number of carbonyl (C=O) groups is 1. The molecule has 2 aromatic carbocycles. The topological polar surface area (TPSA) is 66.5 Å². The Bertz CT molecular complexity index is 883. The third-order valence-electron chi connectivity index (χ3n) is 3.69. The van der Waals surface area contributed by atoms with Crippen LogP contribution in [0.1, 0.15) is 24.2 Å². The van der Waals surface area contributed by atoms with Crippen LogP contribution in [0.25, 0.3) is 0 Å². The van der Waals surface area contributed by atoms with E-state index >= 15 is 0 Å². The van der Waals surface area contributed by atoms with Gasteiger partial charge in [0.2, 0.25) is 10.0 Å². The Labute approximate surface area is 161 Å². The van der Waals surface area contributed by atoms with Crippen molar-refractivity contribution in [1.82, 2.24) is 4.31 Å². The molecular formula is C17H18BrClN2O3S. The van der Waals surface area contributed by atoms with Gasteiger partial charge in [-0.25, -0.2) is 8.42 Å². The maximum absolute atomic E-state index is 12.6. The van der Waals surface area contributed by atoms with Crippen LogP contribution in [0.2, 0.25) is 5.02 Å². The van der Waals surface area contributed by atoms with Gasteiger partial charge in [-0.15, -0.1) is 0 Å². The third kappa shape index (κ3) is 4.61. The van der Waals surface area contributed by atoms with E-state index in [9.17, 15) is 13.2 Å². The van der Waals surface area contributed by atoms with Gasteiger partial charge in [0.1, 0.15) is 0 Å². The lowest BCUT2D eigenvalue weighted by atomic mass is 10.2. The van der Waals surface area contributed by atoms with E-state index in [0.717, 1.165) is 4.47 Å². The van der Waals surface area contributed by atoms with E-state index in [0.29, 0.717) is 5.69 Å². The Morgan fingerprint density at radius 1 is 1.16 bits per heavy atom. The van der Waals surface area contributed by atoms with E-state index in [1.165, 1.54) is 29.6 Å². The minimum Gasteiger partial charge on any atom is -0.322 e. The zero-order valence-corrected chi connectivity index (χ0v) is 17.1. The molecule has 0 aliphatic carbocycles. The molecule has 1 amide bonds. The van der Waals surface area contributed by atoms with Crippen molar-refractivity contribution < 1.29 is 13.2 Å². The van der Waals surface area contributed by atoms with Crippen LogP contribution >= 0.6 is 27.5 Å². The van der Waals surface area contributed by atoms with Crippen molar-refractivity contribution >= 4 is 49.1 Å². The lowest BCUT2D eigenvalue weighted by Crippen LogP contribution is -2.33. The van der Waals surface area contributed by atoms with E-state index in [4.69, 9.17) is 11.6 Å². The van der Waals surface area contributed by atoms with Crippen LogP contribution in [-0.2, 0) is 10.0 Å². The highest BCUT2D eigenvalue weighted by Crippen LogP contribution is 2.24. The molecule has 0 heterocycles. The van der Waals surface area contributed by atoms with Crippen molar-refractivity contribution in [1.29, 1.82) is 0 Å². The zero-order chi connectivity index (χ0) is 18.8. The highest BCUT2D eigenvalue weighted by Gasteiger charge is 2.25. The Kier molecular flexibility index (Phi) is 6.26. The first-order valence-corrected chi connectivity index (χ1v) is 10.1. The minimum absolute atomic E-state index is 0.0223. The molecule has 0 radical (unpaired) electrons. The molecule has 0 fully saturated rings. The molecule has 0 saturated carbocycles. The summed E-state index contributed by atoms with van der Waals surface area (Å²) < 4.78 is 27.3. The molecule has 0 aliphatic rings. The zero-order valence-electron chi connectivity index (χ0n) is 14.0. The lowest BCUT2D eigenvalue weighted by Gasteiger charge is -2.21. The van der Waals surface area contributed by atoms with Gasteiger partial charge in [-0.05, 0) is 56.3 Å².